The molecule has 114 valence electrons. The van der Waals surface area contributed by atoms with E-state index in [0.29, 0.717) is 18.0 Å². The first-order valence-corrected chi connectivity index (χ1v) is 8.85. The Kier molecular flexibility index (Phi) is 5.42. The lowest BCUT2D eigenvalue weighted by Gasteiger charge is -2.21. The first-order chi connectivity index (χ1) is 9.59. The van der Waals surface area contributed by atoms with Gasteiger partial charge < -0.3 is 4.74 Å². The molecule has 1 aliphatic rings. The summed E-state index contributed by atoms with van der Waals surface area (Å²) in [5.41, 5.74) is 0.549. The molecule has 1 aromatic rings. The van der Waals surface area contributed by atoms with Gasteiger partial charge in [0.05, 0.1) is 17.6 Å². The van der Waals surface area contributed by atoms with Crippen LogP contribution in [0.3, 0.4) is 0 Å². The van der Waals surface area contributed by atoms with Crippen LogP contribution in [0.4, 0.5) is 5.69 Å². The van der Waals surface area contributed by atoms with Gasteiger partial charge in [0.1, 0.15) is 0 Å². The van der Waals surface area contributed by atoms with Gasteiger partial charge in [-0.15, -0.1) is 0 Å². The van der Waals surface area contributed by atoms with Crippen LogP contribution in [-0.2, 0) is 21.3 Å². The number of sulfonamides is 1. The maximum atomic E-state index is 11.8. The lowest BCUT2D eigenvalue weighted by atomic mass is 10.0. The Labute approximate surface area is 120 Å². The van der Waals surface area contributed by atoms with E-state index < -0.39 is 10.0 Å². The Morgan fingerprint density at radius 1 is 1.45 bits per heavy atom. The molecule has 0 spiro atoms. The predicted octanol–water partition coefficient (Wildman–Crippen LogP) is 1.85. The van der Waals surface area contributed by atoms with Crippen LogP contribution in [0, 0.1) is 5.92 Å². The third-order valence-electron chi connectivity index (χ3n) is 3.46. The minimum atomic E-state index is -3.24. The summed E-state index contributed by atoms with van der Waals surface area (Å²) in [5.74, 6) is 0.724. The number of hydrogen-bond donors (Lipinski definition) is 1. The van der Waals surface area contributed by atoms with Gasteiger partial charge in [-0.2, -0.15) is 5.10 Å². The molecule has 1 aliphatic heterocycles. The van der Waals surface area contributed by atoms with Gasteiger partial charge in [0.15, 0.2) is 0 Å². The van der Waals surface area contributed by atoms with Gasteiger partial charge in [0, 0.05) is 26.0 Å². The van der Waals surface area contributed by atoms with Gasteiger partial charge in [-0.05, 0) is 25.2 Å². The molecule has 0 radical (unpaired) electrons. The Morgan fingerprint density at radius 2 is 2.20 bits per heavy atom. The third kappa shape index (κ3) is 4.79. The first kappa shape index (κ1) is 15.3. The van der Waals surface area contributed by atoms with Crippen LogP contribution in [-0.4, -0.2) is 37.2 Å². The Bertz CT molecular complexity index is 507. The van der Waals surface area contributed by atoms with Crippen molar-refractivity contribution in [3.8, 4) is 0 Å². The zero-order valence-corrected chi connectivity index (χ0v) is 12.7. The maximum Gasteiger partial charge on any atom is 0.232 e. The molecular formula is C13H23N3O3S. The minimum Gasteiger partial charge on any atom is -0.381 e. The van der Waals surface area contributed by atoms with E-state index in [9.17, 15) is 8.42 Å². The Balaban J connectivity index is 1.88. The summed E-state index contributed by atoms with van der Waals surface area (Å²) >= 11 is 0. The van der Waals surface area contributed by atoms with Crippen LogP contribution in [0.5, 0.6) is 0 Å². The molecule has 1 aromatic heterocycles. The highest BCUT2D eigenvalue weighted by Crippen LogP contribution is 2.18. The number of nitrogens with zero attached hydrogens (tertiary/aromatic N) is 2. The smallest absolute Gasteiger partial charge is 0.232 e. The Hall–Kier alpha value is -1.08. The molecule has 6 nitrogen and oxygen atoms in total. The zero-order valence-electron chi connectivity index (χ0n) is 11.9. The van der Waals surface area contributed by atoms with E-state index in [0.717, 1.165) is 39.0 Å². The van der Waals surface area contributed by atoms with Gasteiger partial charge in [0.25, 0.3) is 0 Å². The van der Waals surface area contributed by atoms with Gasteiger partial charge in [-0.25, -0.2) is 8.42 Å². The average Bonchev–Trinajstić information content (AvgIpc) is 2.84. The molecule has 20 heavy (non-hydrogen) atoms. The SMILES string of the molecule is CCCCS(=O)(=O)Nc1cnn(CC2CCOCC2)c1. The van der Waals surface area contributed by atoms with Gasteiger partial charge >= 0.3 is 0 Å². The quantitative estimate of drug-likeness (QED) is 0.834. The first-order valence-electron chi connectivity index (χ1n) is 7.20. The van der Waals surface area contributed by atoms with E-state index in [-0.39, 0.29) is 5.75 Å². The summed E-state index contributed by atoms with van der Waals surface area (Å²) in [4.78, 5) is 0. The molecule has 7 heteroatoms. The highest BCUT2D eigenvalue weighted by atomic mass is 32.2. The molecule has 0 aromatic carbocycles. The van der Waals surface area contributed by atoms with Crippen molar-refractivity contribution in [3.63, 3.8) is 0 Å². The van der Waals surface area contributed by atoms with Crippen LogP contribution in [0.2, 0.25) is 0 Å². The van der Waals surface area contributed by atoms with E-state index in [1.165, 1.54) is 0 Å². The fraction of sp³-hybridized carbons (Fsp3) is 0.769. The van der Waals surface area contributed by atoms with Crippen molar-refractivity contribution in [1.29, 1.82) is 0 Å². The fourth-order valence-corrected chi connectivity index (χ4v) is 3.51. The van der Waals surface area contributed by atoms with Crippen LogP contribution in [0.1, 0.15) is 32.6 Å². The molecule has 1 fully saturated rings. The fourth-order valence-electron chi connectivity index (χ4n) is 2.27. The topological polar surface area (TPSA) is 73.2 Å². The second-order valence-electron chi connectivity index (χ2n) is 5.28. The molecule has 0 saturated carbocycles. The summed E-state index contributed by atoms with van der Waals surface area (Å²) in [6.45, 7) is 4.41. The number of nitrogens with one attached hydrogen (secondary N) is 1. The molecule has 2 heterocycles. The number of rotatable bonds is 7. The van der Waals surface area contributed by atoms with Crippen molar-refractivity contribution < 1.29 is 13.2 Å². The van der Waals surface area contributed by atoms with E-state index in [4.69, 9.17) is 4.74 Å². The van der Waals surface area contributed by atoms with Crippen molar-refractivity contribution in [3.05, 3.63) is 12.4 Å². The molecular weight excluding hydrogens is 278 g/mol. The lowest BCUT2D eigenvalue weighted by Crippen LogP contribution is -2.20. The van der Waals surface area contributed by atoms with Crippen LogP contribution < -0.4 is 4.72 Å². The van der Waals surface area contributed by atoms with Crippen molar-refractivity contribution >= 4 is 15.7 Å². The van der Waals surface area contributed by atoms with Crippen LogP contribution >= 0.6 is 0 Å². The number of anilines is 1. The molecule has 1 N–H and O–H groups in total. The summed E-state index contributed by atoms with van der Waals surface area (Å²) in [5, 5.41) is 4.22. The van der Waals surface area contributed by atoms with Gasteiger partial charge in [-0.3, -0.25) is 9.40 Å². The Morgan fingerprint density at radius 3 is 2.90 bits per heavy atom. The second kappa shape index (κ2) is 7.08. The molecule has 1 saturated heterocycles. The number of ether oxygens (including phenoxy) is 1. The van der Waals surface area contributed by atoms with Gasteiger partial charge in [0.2, 0.25) is 10.0 Å². The number of aromatic nitrogens is 2. The van der Waals surface area contributed by atoms with Crippen molar-refractivity contribution in [2.45, 2.75) is 39.2 Å². The third-order valence-corrected chi connectivity index (χ3v) is 4.83. The summed E-state index contributed by atoms with van der Waals surface area (Å²) in [7, 11) is -3.24. The van der Waals surface area contributed by atoms with Gasteiger partial charge in [-0.1, -0.05) is 13.3 Å². The normalized spacial score (nSPS) is 17.2. The average molecular weight is 301 g/mol. The molecule has 0 amide bonds. The highest BCUT2D eigenvalue weighted by Gasteiger charge is 2.16. The number of hydrogen-bond acceptors (Lipinski definition) is 4. The summed E-state index contributed by atoms with van der Waals surface area (Å²) in [6, 6.07) is 0. The van der Waals surface area contributed by atoms with E-state index in [1.807, 2.05) is 11.6 Å². The van der Waals surface area contributed by atoms with E-state index in [2.05, 4.69) is 9.82 Å². The monoisotopic (exact) mass is 301 g/mol. The zero-order chi connectivity index (χ0) is 14.4. The highest BCUT2D eigenvalue weighted by molar-refractivity contribution is 7.92. The molecule has 2 rings (SSSR count). The van der Waals surface area contributed by atoms with Crippen molar-refractivity contribution in [2.24, 2.45) is 5.92 Å². The van der Waals surface area contributed by atoms with E-state index in [1.54, 1.807) is 12.4 Å². The largest absolute Gasteiger partial charge is 0.381 e. The summed E-state index contributed by atoms with van der Waals surface area (Å²) in [6.07, 6.45) is 6.95. The molecule has 0 unspecified atom stereocenters. The maximum absolute atomic E-state index is 11.8. The van der Waals surface area contributed by atoms with Crippen molar-refractivity contribution in [1.82, 2.24) is 9.78 Å². The minimum absolute atomic E-state index is 0.161. The molecule has 0 bridgehead atoms. The number of unbranched alkanes of at least 4 members (excludes halogenated alkanes) is 1. The molecule has 0 aliphatic carbocycles. The lowest BCUT2D eigenvalue weighted by molar-refractivity contribution is 0.0601. The second-order valence-corrected chi connectivity index (χ2v) is 7.12. The standard InChI is InChI=1S/C13H23N3O3S/c1-2-3-8-20(17,18)15-13-9-14-16(11-13)10-12-4-6-19-7-5-12/h9,11-12,15H,2-8,10H2,1H3. The predicted molar refractivity (Wildman–Crippen MR) is 78.1 cm³/mol. The molecule has 0 atom stereocenters. The van der Waals surface area contributed by atoms with Crippen molar-refractivity contribution in [2.75, 3.05) is 23.7 Å². The summed E-state index contributed by atoms with van der Waals surface area (Å²) < 4.78 is 33.3. The van der Waals surface area contributed by atoms with E-state index >= 15 is 0 Å². The van der Waals surface area contributed by atoms with Crippen LogP contribution in [0.15, 0.2) is 12.4 Å². The van der Waals surface area contributed by atoms with Crippen LogP contribution in [0.25, 0.3) is 0 Å².